The number of hydrogen-bond donors (Lipinski definition) is 0. The van der Waals surface area contributed by atoms with Crippen LogP contribution in [0.15, 0.2) is 30.3 Å². The third kappa shape index (κ3) is 2.46. The quantitative estimate of drug-likeness (QED) is 0.623. The summed E-state index contributed by atoms with van der Waals surface area (Å²) in [6.07, 6.45) is 2.20. The number of ether oxygens (including phenoxy) is 1. The van der Waals surface area contributed by atoms with Crippen LogP contribution in [0.3, 0.4) is 0 Å². The molecule has 0 saturated carbocycles. The predicted molar refractivity (Wildman–Crippen MR) is 69.2 cm³/mol. The molecular weight excluding hydrogens is 252 g/mol. The van der Waals surface area contributed by atoms with E-state index in [0.717, 1.165) is 5.56 Å². The molecule has 0 N–H and O–H groups in total. The second kappa shape index (κ2) is 5.36. The second-order valence-corrected chi connectivity index (χ2v) is 4.47. The molecule has 0 aromatic heterocycles. The average Bonchev–Trinajstić information content (AvgIpc) is 2.73. The van der Waals surface area contributed by atoms with Crippen LogP contribution in [-0.2, 0) is 14.3 Å². The summed E-state index contributed by atoms with van der Waals surface area (Å²) in [6.45, 7) is 2.02. The number of carbonyl (C=O) groups is 2. The van der Waals surface area contributed by atoms with E-state index in [0.29, 0.717) is 23.6 Å². The van der Waals surface area contributed by atoms with Crippen LogP contribution in [0.25, 0.3) is 5.57 Å². The molecule has 1 unspecified atom stereocenters. The number of allylic oxidation sites excluding steroid dienone is 2. The zero-order chi connectivity index (χ0) is 13.1. The fraction of sp³-hybridized carbons (Fsp3) is 0.286. The van der Waals surface area contributed by atoms with Crippen molar-refractivity contribution in [3.05, 3.63) is 40.9 Å². The summed E-state index contributed by atoms with van der Waals surface area (Å²) in [7, 11) is 0. The number of Topliss-reactive ketones (excluding diaryl/α,β-unsaturated/α-hetero) is 1. The number of benzene rings is 1. The second-order valence-electron chi connectivity index (χ2n) is 4.03. The van der Waals surface area contributed by atoms with Crippen molar-refractivity contribution in [2.24, 2.45) is 5.92 Å². The minimum Gasteiger partial charge on any atom is -0.465 e. The largest absolute Gasteiger partial charge is 0.465 e. The summed E-state index contributed by atoms with van der Waals surface area (Å²) < 4.78 is 4.89. The third-order valence-corrected chi connectivity index (χ3v) is 3.12. The monoisotopic (exact) mass is 264 g/mol. The summed E-state index contributed by atoms with van der Waals surface area (Å²) in [5.74, 6) is -1.30. The summed E-state index contributed by atoms with van der Waals surface area (Å²) in [5.41, 5.74) is 1.36. The lowest BCUT2D eigenvalue weighted by Crippen LogP contribution is -2.22. The van der Waals surface area contributed by atoms with Crippen LogP contribution in [0.2, 0.25) is 5.02 Å². The van der Waals surface area contributed by atoms with Crippen LogP contribution >= 0.6 is 11.6 Å². The number of halogens is 1. The molecule has 0 fully saturated rings. The number of esters is 1. The van der Waals surface area contributed by atoms with Gasteiger partial charge in [0.05, 0.1) is 6.61 Å². The van der Waals surface area contributed by atoms with Crippen LogP contribution in [0.5, 0.6) is 0 Å². The molecule has 1 aromatic carbocycles. The molecular formula is C14H13ClO3. The molecule has 18 heavy (non-hydrogen) atoms. The van der Waals surface area contributed by atoms with E-state index < -0.39 is 11.9 Å². The molecule has 4 heteroatoms. The molecule has 3 nitrogen and oxygen atoms in total. The van der Waals surface area contributed by atoms with Gasteiger partial charge in [-0.15, -0.1) is 0 Å². The SMILES string of the molecule is CCOC(=O)C1CC=C(c2ccc(Cl)cc2)C1=O. The lowest BCUT2D eigenvalue weighted by atomic mass is 9.99. The molecule has 2 rings (SSSR count). The van der Waals surface area contributed by atoms with E-state index in [1.807, 2.05) is 0 Å². The van der Waals surface area contributed by atoms with E-state index >= 15 is 0 Å². The Kier molecular flexibility index (Phi) is 3.82. The van der Waals surface area contributed by atoms with Crippen molar-refractivity contribution < 1.29 is 14.3 Å². The Bertz CT molecular complexity index is 502. The van der Waals surface area contributed by atoms with Crippen molar-refractivity contribution in [2.75, 3.05) is 6.61 Å². The molecule has 1 aromatic rings. The first-order valence-corrected chi connectivity index (χ1v) is 6.18. The lowest BCUT2D eigenvalue weighted by Gasteiger charge is -2.08. The van der Waals surface area contributed by atoms with Gasteiger partial charge in [-0.2, -0.15) is 0 Å². The fourth-order valence-electron chi connectivity index (χ4n) is 1.97. The molecule has 0 aliphatic heterocycles. The van der Waals surface area contributed by atoms with Crippen molar-refractivity contribution in [1.82, 2.24) is 0 Å². The van der Waals surface area contributed by atoms with Gasteiger partial charge in [0.25, 0.3) is 0 Å². The van der Waals surface area contributed by atoms with Crippen molar-refractivity contribution in [3.8, 4) is 0 Å². The van der Waals surface area contributed by atoms with Crippen molar-refractivity contribution in [1.29, 1.82) is 0 Å². The van der Waals surface area contributed by atoms with Crippen molar-refractivity contribution in [2.45, 2.75) is 13.3 Å². The van der Waals surface area contributed by atoms with E-state index in [1.54, 1.807) is 37.3 Å². The normalized spacial score (nSPS) is 18.7. The fourth-order valence-corrected chi connectivity index (χ4v) is 2.09. The Hall–Kier alpha value is -1.61. The van der Waals surface area contributed by atoms with Gasteiger partial charge in [-0.25, -0.2) is 0 Å². The van der Waals surface area contributed by atoms with Gasteiger partial charge >= 0.3 is 5.97 Å². The highest BCUT2D eigenvalue weighted by molar-refractivity contribution is 6.31. The Morgan fingerprint density at radius 1 is 1.39 bits per heavy atom. The van der Waals surface area contributed by atoms with Gasteiger partial charge < -0.3 is 4.74 Å². The molecule has 1 atom stereocenters. The molecule has 0 saturated heterocycles. The molecule has 0 amide bonds. The Morgan fingerprint density at radius 3 is 2.67 bits per heavy atom. The predicted octanol–water partition coefficient (Wildman–Crippen LogP) is 2.88. The average molecular weight is 265 g/mol. The maximum atomic E-state index is 12.1. The minimum absolute atomic E-state index is 0.171. The molecule has 1 aliphatic carbocycles. The number of ketones is 1. The summed E-state index contributed by atoms with van der Waals surface area (Å²) in [5, 5.41) is 0.617. The zero-order valence-electron chi connectivity index (χ0n) is 9.98. The molecule has 94 valence electrons. The lowest BCUT2D eigenvalue weighted by molar-refractivity contribution is -0.149. The van der Waals surface area contributed by atoms with Crippen LogP contribution in [0.1, 0.15) is 18.9 Å². The highest BCUT2D eigenvalue weighted by Crippen LogP contribution is 2.30. The van der Waals surface area contributed by atoms with Crippen molar-refractivity contribution in [3.63, 3.8) is 0 Å². The topological polar surface area (TPSA) is 43.4 Å². The van der Waals surface area contributed by atoms with E-state index in [-0.39, 0.29) is 5.78 Å². The zero-order valence-corrected chi connectivity index (χ0v) is 10.7. The Balaban J connectivity index is 2.16. The first-order valence-electron chi connectivity index (χ1n) is 5.80. The first-order chi connectivity index (χ1) is 8.63. The Morgan fingerprint density at radius 2 is 2.06 bits per heavy atom. The third-order valence-electron chi connectivity index (χ3n) is 2.87. The molecule has 0 heterocycles. The van der Waals surface area contributed by atoms with Gasteiger partial charge in [0.1, 0.15) is 5.92 Å². The molecule has 0 bridgehead atoms. The molecule has 1 aliphatic rings. The van der Waals surface area contributed by atoms with Crippen LogP contribution in [0, 0.1) is 5.92 Å². The number of carbonyl (C=O) groups excluding carboxylic acids is 2. The van der Waals surface area contributed by atoms with E-state index in [4.69, 9.17) is 16.3 Å². The molecule has 0 radical (unpaired) electrons. The van der Waals surface area contributed by atoms with Gasteiger partial charge in [-0.3, -0.25) is 9.59 Å². The smallest absolute Gasteiger partial charge is 0.317 e. The first kappa shape index (κ1) is 12.8. The van der Waals surface area contributed by atoms with Gasteiger partial charge in [0, 0.05) is 10.6 Å². The Labute approximate surface area is 110 Å². The molecule has 0 spiro atoms. The van der Waals surface area contributed by atoms with Crippen LogP contribution < -0.4 is 0 Å². The van der Waals surface area contributed by atoms with Gasteiger partial charge in [0.2, 0.25) is 0 Å². The van der Waals surface area contributed by atoms with Crippen LogP contribution in [-0.4, -0.2) is 18.4 Å². The van der Waals surface area contributed by atoms with Gasteiger partial charge in [-0.05, 0) is 31.0 Å². The summed E-state index contributed by atoms with van der Waals surface area (Å²) in [6, 6.07) is 7.00. The van der Waals surface area contributed by atoms with Crippen molar-refractivity contribution >= 4 is 28.9 Å². The van der Waals surface area contributed by atoms with E-state index in [2.05, 4.69) is 0 Å². The minimum atomic E-state index is -0.685. The summed E-state index contributed by atoms with van der Waals surface area (Å²) in [4.78, 5) is 23.7. The number of rotatable bonds is 3. The number of hydrogen-bond acceptors (Lipinski definition) is 3. The highest BCUT2D eigenvalue weighted by atomic mass is 35.5. The summed E-state index contributed by atoms with van der Waals surface area (Å²) >= 11 is 5.80. The van der Waals surface area contributed by atoms with Gasteiger partial charge in [0.15, 0.2) is 5.78 Å². The van der Waals surface area contributed by atoms with E-state index in [1.165, 1.54) is 0 Å². The van der Waals surface area contributed by atoms with E-state index in [9.17, 15) is 9.59 Å². The van der Waals surface area contributed by atoms with Crippen LogP contribution in [0.4, 0.5) is 0 Å². The maximum Gasteiger partial charge on any atom is 0.317 e. The van der Waals surface area contributed by atoms with Gasteiger partial charge in [-0.1, -0.05) is 29.8 Å². The highest BCUT2D eigenvalue weighted by Gasteiger charge is 2.34. The standard InChI is InChI=1S/C14H13ClO3/c1-2-18-14(17)12-8-7-11(13(12)16)9-3-5-10(15)6-4-9/h3-7,12H,2,8H2,1H3. The maximum absolute atomic E-state index is 12.1.